The van der Waals surface area contributed by atoms with Gasteiger partial charge in [0, 0.05) is 48.8 Å². The molecule has 1 saturated heterocycles. The Kier molecular flexibility index (Phi) is 5.33. The van der Waals surface area contributed by atoms with Gasteiger partial charge in [-0.1, -0.05) is 18.2 Å². The maximum Gasteiger partial charge on any atom is 0.239 e. The topological polar surface area (TPSA) is 79.3 Å². The number of anilines is 2. The van der Waals surface area contributed by atoms with Crippen molar-refractivity contribution in [2.45, 2.75) is 38.4 Å². The minimum atomic E-state index is -3.46. The van der Waals surface area contributed by atoms with Crippen LogP contribution in [0.5, 0.6) is 0 Å². The number of benzene rings is 1. The number of pyridine rings is 1. The maximum absolute atomic E-state index is 13.6. The Morgan fingerprint density at radius 1 is 1.00 bits per heavy atom. The highest BCUT2D eigenvalue weighted by atomic mass is 32.2. The molecule has 8 heteroatoms. The summed E-state index contributed by atoms with van der Waals surface area (Å²) < 4.78 is 28.9. The molecule has 0 N–H and O–H groups in total. The summed E-state index contributed by atoms with van der Waals surface area (Å²) in [7, 11) is -3.46. The van der Waals surface area contributed by atoms with E-state index in [0.717, 1.165) is 53.3 Å². The average molecular weight is 450 g/mol. The quantitative estimate of drug-likeness (QED) is 0.606. The van der Waals surface area contributed by atoms with Crippen LogP contribution < -0.4 is 9.21 Å². The third-order valence-electron chi connectivity index (χ3n) is 6.55. The van der Waals surface area contributed by atoms with Crippen LogP contribution in [0.2, 0.25) is 0 Å². The molecule has 0 bridgehead atoms. The Balaban J connectivity index is 1.45. The first-order valence-electron chi connectivity index (χ1n) is 11.0. The molecule has 2 aliphatic heterocycles. The Labute approximate surface area is 189 Å². The van der Waals surface area contributed by atoms with Crippen molar-refractivity contribution in [2.24, 2.45) is 0 Å². The minimum Gasteiger partial charge on any atom is -0.355 e. The molecule has 0 aliphatic carbocycles. The largest absolute Gasteiger partial charge is 0.355 e. The number of piperidine rings is 1. The number of fused-ring (bicyclic) bond motifs is 1. The summed E-state index contributed by atoms with van der Waals surface area (Å²) in [6, 6.07) is 11.6. The zero-order valence-corrected chi connectivity index (χ0v) is 19.2. The molecular formula is C24H27N5O2S. The molecule has 2 aromatic heterocycles. The summed E-state index contributed by atoms with van der Waals surface area (Å²) in [5, 5.41) is -0.457. The van der Waals surface area contributed by atoms with Crippen molar-refractivity contribution >= 4 is 21.5 Å². The molecule has 166 valence electrons. The first-order valence-corrected chi connectivity index (χ1v) is 12.6. The second-order valence-corrected chi connectivity index (χ2v) is 10.7. The summed E-state index contributed by atoms with van der Waals surface area (Å²) in [6.07, 6.45) is 5.70. The fourth-order valence-electron chi connectivity index (χ4n) is 4.68. The van der Waals surface area contributed by atoms with E-state index in [2.05, 4.69) is 14.9 Å². The van der Waals surface area contributed by atoms with Gasteiger partial charge in [0.2, 0.25) is 10.0 Å². The standard InChI is InChI=1S/C24H27N5O2S/c1-17-18(2)26-23(20-9-12-25-13-10-20)27-24(17)28-14-5-7-21(16-28)32(30,31)29-15-11-19-6-3-4-8-22(19)29/h3-4,6,8-10,12-13,21H,5,7,11,14-16H2,1-2H3. The molecule has 7 nitrogen and oxygen atoms in total. The molecule has 0 radical (unpaired) electrons. The highest BCUT2D eigenvalue weighted by Crippen LogP contribution is 2.34. The van der Waals surface area contributed by atoms with E-state index in [1.54, 1.807) is 16.7 Å². The van der Waals surface area contributed by atoms with Crippen LogP contribution in [0.15, 0.2) is 48.8 Å². The van der Waals surface area contributed by atoms with Crippen molar-refractivity contribution in [3.63, 3.8) is 0 Å². The van der Waals surface area contributed by atoms with Crippen molar-refractivity contribution in [2.75, 3.05) is 28.8 Å². The predicted octanol–water partition coefficient (Wildman–Crippen LogP) is 3.52. The summed E-state index contributed by atoms with van der Waals surface area (Å²) in [5.41, 5.74) is 4.73. The predicted molar refractivity (Wildman–Crippen MR) is 126 cm³/mol. The minimum absolute atomic E-state index is 0.439. The molecule has 5 rings (SSSR count). The first-order chi connectivity index (χ1) is 15.4. The van der Waals surface area contributed by atoms with Crippen molar-refractivity contribution in [1.82, 2.24) is 15.0 Å². The van der Waals surface area contributed by atoms with Crippen LogP contribution in [-0.2, 0) is 16.4 Å². The fourth-order valence-corrected chi connectivity index (χ4v) is 6.67. The number of sulfonamides is 1. The van der Waals surface area contributed by atoms with Crippen LogP contribution in [0, 0.1) is 13.8 Å². The van der Waals surface area contributed by atoms with E-state index in [4.69, 9.17) is 4.98 Å². The lowest BCUT2D eigenvalue weighted by Gasteiger charge is -2.36. The molecule has 3 aromatic rings. The Bertz CT molecular complexity index is 1250. The van der Waals surface area contributed by atoms with Crippen LogP contribution in [0.25, 0.3) is 11.4 Å². The third-order valence-corrected chi connectivity index (χ3v) is 8.77. The van der Waals surface area contributed by atoms with Gasteiger partial charge in [0.15, 0.2) is 5.82 Å². The van der Waals surface area contributed by atoms with Crippen LogP contribution >= 0.6 is 0 Å². The second kappa shape index (κ2) is 8.16. The van der Waals surface area contributed by atoms with E-state index in [1.807, 2.05) is 50.2 Å². The summed E-state index contributed by atoms with van der Waals surface area (Å²) >= 11 is 0. The van der Waals surface area contributed by atoms with Crippen LogP contribution in [0.3, 0.4) is 0 Å². The molecule has 1 unspecified atom stereocenters. The lowest BCUT2D eigenvalue weighted by Crippen LogP contribution is -2.48. The van der Waals surface area contributed by atoms with Gasteiger partial charge in [0.25, 0.3) is 0 Å². The molecule has 4 heterocycles. The number of rotatable bonds is 4. The summed E-state index contributed by atoms with van der Waals surface area (Å²) in [4.78, 5) is 15.7. The van der Waals surface area contributed by atoms with Gasteiger partial charge in [-0.25, -0.2) is 18.4 Å². The molecule has 1 fully saturated rings. The molecule has 0 amide bonds. The smallest absolute Gasteiger partial charge is 0.239 e. The summed E-state index contributed by atoms with van der Waals surface area (Å²) in [5.74, 6) is 1.47. The Hall–Kier alpha value is -3.00. The van der Waals surface area contributed by atoms with E-state index in [1.165, 1.54) is 0 Å². The monoisotopic (exact) mass is 449 g/mol. The van der Waals surface area contributed by atoms with Crippen molar-refractivity contribution in [3.8, 4) is 11.4 Å². The van der Waals surface area contributed by atoms with Crippen molar-refractivity contribution in [3.05, 3.63) is 65.6 Å². The normalized spacial score (nSPS) is 18.6. The van der Waals surface area contributed by atoms with Gasteiger partial charge in [-0.05, 0) is 56.9 Å². The maximum atomic E-state index is 13.6. The zero-order chi connectivity index (χ0) is 22.3. The Morgan fingerprint density at radius 2 is 1.78 bits per heavy atom. The van der Waals surface area contributed by atoms with Gasteiger partial charge in [-0.3, -0.25) is 9.29 Å². The number of aromatic nitrogens is 3. The lowest BCUT2D eigenvalue weighted by atomic mass is 10.1. The number of aryl methyl sites for hydroxylation is 1. The van der Waals surface area contributed by atoms with E-state index < -0.39 is 15.3 Å². The van der Waals surface area contributed by atoms with Crippen molar-refractivity contribution in [1.29, 1.82) is 0 Å². The molecule has 2 aliphatic rings. The number of hydrogen-bond donors (Lipinski definition) is 0. The molecule has 0 spiro atoms. The number of nitrogens with zero attached hydrogens (tertiary/aromatic N) is 5. The highest BCUT2D eigenvalue weighted by Gasteiger charge is 2.38. The molecule has 1 atom stereocenters. The summed E-state index contributed by atoms with van der Waals surface area (Å²) in [6.45, 7) is 5.74. The Morgan fingerprint density at radius 3 is 2.59 bits per heavy atom. The first kappa shape index (κ1) is 20.9. The van der Waals surface area contributed by atoms with Gasteiger partial charge in [0.1, 0.15) is 5.82 Å². The molecular weight excluding hydrogens is 422 g/mol. The average Bonchev–Trinajstić information content (AvgIpc) is 3.26. The lowest BCUT2D eigenvalue weighted by molar-refractivity contribution is 0.526. The van der Waals surface area contributed by atoms with Gasteiger partial charge in [-0.2, -0.15) is 0 Å². The molecule has 32 heavy (non-hydrogen) atoms. The zero-order valence-electron chi connectivity index (χ0n) is 18.4. The van der Waals surface area contributed by atoms with Gasteiger partial charge in [0.05, 0.1) is 10.9 Å². The van der Waals surface area contributed by atoms with E-state index in [0.29, 0.717) is 25.3 Å². The molecule has 0 saturated carbocycles. The third kappa shape index (κ3) is 3.62. The SMILES string of the molecule is Cc1nc(-c2ccncc2)nc(N2CCCC(S(=O)(=O)N3CCc4ccccc43)C2)c1C. The van der Waals surface area contributed by atoms with Gasteiger partial charge in [-0.15, -0.1) is 0 Å². The van der Waals surface area contributed by atoms with E-state index in [-0.39, 0.29) is 0 Å². The van der Waals surface area contributed by atoms with Crippen molar-refractivity contribution < 1.29 is 8.42 Å². The van der Waals surface area contributed by atoms with E-state index in [9.17, 15) is 8.42 Å². The van der Waals surface area contributed by atoms with Gasteiger partial charge >= 0.3 is 0 Å². The van der Waals surface area contributed by atoms with Crippen LogP contribution in [-0.4, -0.2) is 48.3 Å². The highest BCUT2D eigenvalue weighted by molar-refractivity contribution is 7.93. The number of hydrogen-bond acceptors (Lipinski definition) is 6. The second-order valence-electron chi connectivity index (χ2n) is 8.52. The fraction of sp³-hybridized carbons (Fsp3) is 0.375. The van der Waals surface area contributed by atoms with Gasteiger partial charge < -0.3 is 4.90 Å². The van der Waals surface area contributed by atoms with Crippen LogP contribution in [0.4, 0.5) is 11.5 Å². The van der Waals surface area contributed by atoms with Crippen LogP contribution in [0.1, 0.15) is 29.7 Å². The van der Waals surface area contributed by atoms with E-state index >= 15 is 0 Å². The molecule has 1 aromatic carbocycles. The number of para-hydroxylation sites is 1.